The highest BCUT2D eigenvalue weighted by Gasteiger charge is 2.45. The Morgan fingerprint density at radius 1 is 1.14 bits per heavy atom. The van der Waals surface area contributed by atoms with Gasteiger partial charge in [0.15, 0.2) is 5.12 Å². The fraction of sp³-hybridized carbons (Fsp3) is 0.500. The number of H-pyrrole nitrogens is 1. The number of carbonyl (C=O) groups is 4. The molecule has 2 aromatic rings. The van der Waals surface area contributed by atoms with Crippen LogP contribution in [0.4, 0.5) is 0 Å². The predicted octanol–water partition coefficient (Wildman–Crippen LogP) is 5.70. The number of nitrogens with zero attached hydrogens (tertiary/aromatic N) is 1. The molecule has 0 saturated carbocycles. The maximum Gasteiger partial charge on any atom is 0.355 e. The van der Waals surface area contributed by atoms with Gasteiger partial charge >= 0.3 is 11.9 Å². The summed E-state index contributed by atoms with van der Waals surface area (Å²) in [5.74, 6) is -0.858. The first-order valence-electron chi connectivity index (χ1n) is 14.0. The number of rotatable bonds is 10. The minimum absolute atomic E-state index is 0.0246. The van der Waals surface area contributed by atoms with Crippen molar-refractivity contribution in [3.63, 3.8) is 0 Å². The Labute approximate surface area is 252 Å². The van der Waals surface area contributed by atoms with Crippen molar-refractivity contribution in [1.82, 2.24) is 9.88 Å². The van der Waals surface area contributed by atoms with Crippen LogP contribution in [0.15, 0.2) is 30.0 Å². The molecule has 2 heterocycles. The van der Waals surface area contributed by atoms with Crippen LogP contribution in [0.1, 0.15) is 80.8 Å². The van der Waals surface area contributed by atoms with Gasteiger partial charge in [0.1, 0.15) is 17.0 Å². The number of amides is 1. The van der Waals surface area contributed by atoms with Crippen molar-refractivity contribution in [3.8, 4) is 5.75 Å². The number of methoxy groups -OCH3 is 2. The zero-order valence-corrected chi connectivity index (χ0v) is 26.8. The Kier molecular flexibility index (Phi) is 10.7. The highest BCUT2D eigenvalue weighted by atomic mass is 32.2. The maximum atomic E-state index is 13.7. The van der Waals surface area contributed by atoms with Gasteiger partial charge in [-0.1, -0.05) is 37.7 Å². The Balaban J connectivity index is 2.15. The second kappa shape index (κ2) is 13.6. The molecule has 42 heavy (non-hydrogen) atoms. The Morgan fingerprint density at radius 3 is 2.33 bits per heavy atom. The molecule has 10 heteroatoms. The molecule has 3 atom stereocenters. The summed E-state index contributed by atoms with van der Waals surface area (Å²) in [6, 6.07) is 7.54. The third kappa shape index (κ3) is 7.85. The molecule has 0 radical (unpaired) electrons. The summed E-state index contributed by atoms with van der Waals surface area (Å²) < 4.78 is 15.8. The summed E-state index contributed by atoms with van der Waals surface area (Å²) in [5.41, 5.74) is 3.28. The van der Waals surface area contributed by atoms with E-state index in [1.165, 1.54) is 25.8 Å². The molecule has 0 bridgehead atoms. The molecule has 3 rings (SSSR count). The quantitative estimate of drug-likeness (QED) is 0.347. The number of thioether (sulfide) groups is 1. The van der Waals surface area contributed by atoms with E-state index in [1.807, 2.05) is 51.1 Å². The third-order valence-electron chi connectivity index (χ3n) is 7.32. The van der Waals surface area contributed by atoms with Crippen LogP contribution in [0, 0.1) is 18.8 Å². The molecule has 1 fully saturated rings. The van der Waals surface area contributed by atoms with E-state index in [4.69, 9.17) is 14.2 Å². The van der Waals surface area contributed by atoms with Gasteiger partial charge in [-0.3, -0.25) is 14.4 Å². The molecule has 228 valence electrons. The molecule has 1 N–H and O–H groups in total. The van der Waals surface area contributed by atoms with Crippen molar-refractivity contribution in [2.45, 2.75) is 78.7 Å². The monoisotopic (exact) mass is 598 g/mol. The highest BCUT2D eigenvalue weighted by Crippen LogP contribution is 2.43. The Bertz CT molecular complexity index is 1350. The van der Waals surface area contributed by atoms with Crippen molar-refractivity contribution in [3.05, 3.63) is 58.0 Å². The molecule has 1 aromatic heterocycles. The van der Waals surface area contributed by atoms with Gasteiger partial charge in [0, 0.05) is 41.8 Å². The van der Waals surface area contributed by atoms with Gasteiger partial charge in [-0.2, -0.15) is 0 Å². The van der Waals surface area contributed by atoms with Crippen LogP contribution < -0.4 is 4.74 Å². The molecular weight excluding hydrogens is 556 g/mol. The number of aromatic amines is 1. The van der Waals surface area contributed by atoms with Crippen molar-refractivity contribution in [2.75, 3.05) is 14.2 Å². The van der Waals surface area contributed by atoms with Crippen LogP contribution in [0.2, 0.25) is 0 Å². The lowest BCUT2D eigenvalue weighted by molar-refractivity contribution is -0.140. The lowest BCUT2D eigenvalue weighted by Gasteiger charge is -2.24. The summed E-state index contributed by atoms with van der Waals surface area (Å²) in [5, 5.41) is -0.198. The van der Waals surface area contributed by atoms with E-state index in [-0.39, 0.29) is 52.6 Å². The van der Waals surface area contributed by atoms with E-state index in [1.54, 1.807) is 32.8 Å². The SMILES string of the molecule is COC(=O)CCc1c(C(=O)OC(C)(C)C)[nH]c(/C=C2/[C@H]([C@@H](C)SC(C)=O)[C@@H](C)C(=O)N2Cc2ccc(OC)cc2)c1C. The van der Waals surface area contributed by atoms with Crippen LogP contribution in [0.5, 0.6) is 5.75 Å². The van der Waals surface area contributed by atoms with Crippen LogP contribution in [0.25, 0.3) is 6.08 Å². The second-order valence-corrected chi connectivity index (χ2v) is 13.1. The molecule has 1 aliphatic rings. The standard InChI is InChI=1S/C32H42N2O7S/c1-18-24(14-15-27(36)40-9)29(31(38)41-32(5,6)7)33-25(18)16-26-28(20(3)42-21(4)35)19(2)30(37)34(26)17-22-10-12-23(39-8)13-11-22/h10-13,16,19-20,28,33H,14-15,17H2,1-9H3/b26-16-/t19-,20-,28+/m1/s1. The summed E-state index contributed by atoms with van der Waals surface area (Å²) in [6.07, 6.45) is 2.27. The minimum atomic E-state index is -0.721. The smallest absolute Gasteiger partial charge is 0.355 e. The largest absolute Gasteiger partial charge is 0.497 e. The van der Waals surface area contributed by atoms with Gasteiger partial charge in [0.2, 0.25) is 5.91 Å². The molecular formula is C32H42N2O7S. The Hall–Kier alpha value is -3.53. The number of benzene rings is 1. The van der Waals surface area contributed by atoms with Crippen molar-refractivity contribution < 1.29 is 33.4 Å². The number of hydrogen-bond acceptors (Lipinski definition) is 8. The number of nitrogens with one attached hydrogen (secondary N) is 1. The van der Waals surface area contributed by atoms with Crippen molar-refractivity contribution in [1.29, 1.82) is 0 Å². The molecule has 1 amide bonds. The minimum Gasteiger partial charge on any atom is -0.497 e. The van der Waals surface area contributed by atoms with Crippen LogP contribution >= 0.6 is 11.8 Å². The van der Waals surface area contributed by atoms with E-state index in [2.05, 4.69) is 4.98 Å². The summed E-state index contributed by atoms with van der Waals surface area (Å²) in [7, 11) is 2.93. The Morgan fingerprint density at radius 2 is 1.79 bits per heavy atom. The van der Waals surface area contributed by atoms with Crippen molar-refractivity contribution >= 4 is 40.8 Å². The molecule has 0 aliphatic carbocycles. The average molecular weight is 599 g/mol. The number of ether oxygens (including phenoxy) is 3. The van der Waals surface area contributed by atoms with Gasteiger partial charge < -0.3 is 24.1 Å². The fourth-order valence-corrected chi connectivity index (χ4v) is 6.34. The van der Waals surface area contributed by atoms with E-state index >= 15 is 0 Å². The topological polar surface area (TPSA) is 115 Å². The first-order chi connectivity index (χ1) is 19.7. The average Bonchev–Trinajstić information content (AvgIpc) is 3.34. The van der Waals surface area contributed by atoms with E-state index in [0.717, 1.165) is 22.6 Å². The highest BCUT2D eigenvalue weighted by molar-refractivity contribution is 8.14. The molecule has 1 aliphatic heterocycles. The number of aromatic nitrogens is 1. The summed E-state index contributed by atoms with van der Waals surface area (Å²) in [4.78, 5) is 56.0. The van der Waals surface area contributed by atoms with E-state index in [0.29, 0.717) is 17.8 Å². The molecule has 1 aromatic carbocycles. The zero-order chi connectivity index (χ0) is 31.4. The molecule has 0 spiro atoms. The number of hydrogen-bond donors (Lipinski definition) is 1. The number of carbonyl (C=O) groups excluding carboxylic acids is 4. The molecule has 1 saturated heterocycles. The van der Waals surface area contributed by atoms with Crippen LogP contribution in [-0.4, -0.2) is 57.9 Å². The first kappa shape index (κ1) is 33.0. The zero-order valence-electron chi connectivity index (χ0n) is 26.0. The second-order valence-electron chi connectivity index (χ2n) is 11.6. The van der Waals surface area contributed by atoms with Crippen molar-refractivity contribution in [2.24, 2.45) is 11.8 Å². The molecule has 9 nitrogen and oxygen atoms in total. The van der Waals surface area contributed by atoms with Gasteiger partial charge in [0.05, 0.1) is 20.8 Å². The maximum absolute atomic E-state index is 13.7. The lowest BCUT2D eigenvalue weighted by atomic mass is 9.91. The lowest BCUT2D eigenvalue weighted by Crippen LogP contribution is -2.25. The summed E-state index contributed by atoms with van der Waals surface area (Å²) in [6.45, 7) is 13.0. The van der Waals surface area contributed by atoms with Gasteiger partial charge in [-0.25, -0.2) is 4.79 Å². The van der Waals surface area contributed by atoms with E-state index in [9.17, 15) is 19.2 Å². The summed E-state index contributed by atoms with van der Waals surface area (Å²) >= 11 is 1.21. The fourth-order valence-electron chi connectivity index (χ4n) is 5.29. The number of likely N-dealkylation sites (tertiary alicyclic amines) is 1. The van der Waals surface area contributed by atoms with Crippen LogP contribution in [0.3, 0.4) is 0 Å². The number of esters is 2. The van der Waals surface area contributed by atoms with Gasteiger partial charge in [0.25, 0.3) is 0 Å². The normalized spacial score (nSPS) is 18.7. The third-order valence-corrected chi connectivity index (χ3v) is 8.32. The molecule has 0 unspecified atom stereocenters. The predicted molar refractivity (Wildman–Crippen MR) is 163 cm³/mol. The van der Waals surface area contributed by atoms with Crippen LogP contribution in [-0.2, 0) is 36.8 Å². The van der Waals surface area contributed by atoms with E-state index < -0.39 is 11.6 Å². The first-order valence-corrected chi connectivity index (χ1v) is 14.9. The van der Waals surface area contributed by atoms with Gasteiger partial charge in [-0.05, 0) is 69.0 Å². The number of allylic oxidation sites excluding steroid dienone is 1. The van der Waals surface area contributed by atoms with Gasteiger partial charge in [-0.15, -0.1) is 0 Å².